The number of hydrogen-bond acceptors (Lipinski definition) is 4. The highest BCUT2D eigenvalue weighted by atomic mass is 32.1. The highest BCUT2D eigenvalue weighted by molar-refractivity contribution is 7.19. The Morgan fingerprint density at radius 1 is 0.913 bits per heavy atom. The van der Waals surface area contributed by atoms with E-state index in [0.29, 0.717) is 0 Å². The summed E-state index contributed by atoms with van der Waals surface area (Å²) in [6, 6.07) is 18.7. The molecule has 0 atom stereocenters. The van der Waals surface area contributed by atoms with E-state index in [-0.39, 0.29) is 0 Å². The Kier molecular flexibility index (Phi) is 3.63. The summed E-state index contributed by atoms with van der Waals surface area (Å²) in [7, 11) is 0. The van der Waals surface area contributed by atoms with Gasteiger partial charge in [-0.3, -0.25) is 0 Å². The van der Waals surface area contributed by atoms with Crippen LogP contribution in [0, 0.1) is 0 Å². The molecular formula is C18H16N4S. The third-order valence-corrected chi connectivity index (χ3v) is 4.71. The highest BCUT2D eigenvalue weighted by Gasteiger charge is 2.14. The van der Waals surface area contributed by atoms with Gasteiger partial charge in [0, 0.05) is 11.1 Å². The van der Waals surface area contributed by atoms with Crippen LogP contribution in [-0.4, -0.2) is 19.8 Å². The normalized spacial score (nSPS) is 11.2. The maximum absolute atomic E-state index is 4.71. The average molecular weight is 320 g/mol. The van der Waals surface area contributed by atoms with Crippen molar-refractivity contribution in [3.8, 4) is 22.0 Å². The van der Waals surface area contributed by atoms with Crippen molar-refractivity contribution in [1.82, 2.24) is 19.8 Å². The van der Waals surface area contributed by atoms with E-state index in [9.17, 15) is 0 Å². The minimum Gasteiger partial charge on any atom is -0.182 e. The van der Waals surface area contributed by atoms with Gasteiger partial charge in [-0.05, 0) is 12.0 Å². The van der Waals surface area contributed by atoms with Crippen molar-refractivity contribution in [2.24, 2.45) is 0 Å². The molecule has 0 spiro atoms. The number of fused-ring (bicyclic) bond motifs is 1. The molecule has 2 aromatic carbocycles. The fraction of sp³-hybridized carbons (Fsp3) is 0.167. The van der Waals surface area contributed by atoms with Crippen molar-refractivity contribution >= 4 is 16.3 Å². The molecule has 0 saturated carbocycles. The fourth-order valence-corrected chi connectivity index (χ4v) is 3.45. The van der Waals surface area contributed by atoms with E-state index in [1.54, 1.807) is 11.3 Å². The lowest BCUT2D eigenvalue weighted by molar-refractivity contribution is 0.922. The van der Waals surface area contributed by atoms with Crippen LogP contribution in [0.5, 0.6) is 0 Å². The molecule has 23 heavy (non-hydrogen) atoms. The first kappa shape index (κ1) is 14.1. The summed E-state index contributed by atoms with van der Waals surface area (Å²) < 4.78 is 1.83. The van der Waals surface area contributed by atoms with Gasteiger partial charge in [-0.25, -0.2) is 0 Å². The lowest BCUT2D eigenvalue weighted by Gasteiger charge is -2.00. The summed E-state index contributed by atoms with van der Waals surface area (Å²) in [5.74, 6) is 0.783. The zero-order valence-electron chi connectivity index (χ0n) is 12.8. The van der Waals surface area contributed by atoms with E-state index in [2.05, 4.69) is 41.4 Å². The Hall–Kier alpha value is -2.53. The van der Waals surface area contributed by atoms with Crippen molar-refractivity contribution in [2.75, 3.05) is 0 Å². The van der Waals surface area contributed by atoms with Crippen LogP contribution in [0.2, 0.25) is 0 Å². The number of hydrogen-bond donors (Lipinski definition) is 0. The molecule has 4 rings (SSSR count). The van der Waals surface area contributed by atoms with E-state index in [0.717, 1.165) is 39.8 Å². The molecule has 0 unspecified atom stereocenters. The first-order valence-corrected chi connectivity index (χ1v) is 8.54. The second-order valence-corrected chi connectivity index (χ2v) is 6.39. The van der Waals surface area contributed by atoms with Crippen LogP contribution in [0.15, 0.2) is 54.6 Å². The highest BCUT2D eigenvalue weighted by Crippen LogP contribution is 2.28. The molecule has 0 aliphatic carbocycles. The fourth-order valence-electron chi connectivity index (χ4n) is 2.60. The first-order chi connectivity index (χ1) is 11.3. The van der Waals surface area contributed by atoms with Gasteiger partial charge in [0.25, 0.3) is 0 Å². The van der Waals surface area contributed by atoms with Gasteiger partial charge in [0.05, 0.1) is 0 Å². The number of nitrogens with zero attached hydrogens (tertiary/aromatic N) is 4. The van der Waals surface area contributed by atoms with E-state index in [1.807, 2.05) is 34.8 Å². The summed E-state index contributed by atoms with van der Waals surface area (Å²) in [6.45, 7) is 2.20. The van der Waals surface area contributed by atoms with Gasteiger partial charge >= 0.3 is 0 Å². The SMILES string of the molecule is CCCc1ccc(-c2nn3c(-c4ccccc4)nnc3s2)cc1. The molecule has 0 radical (unpaired) electrons. The van der Waals surface area contributed by atoms with Gasteiger partial charge in [0.15, 0.2) is 5.82 Å². The van der Waals surface area contributed by atoms with Crippen LogP contribution in [0.1, 0.15) is 18.9 Å². The standard InChI is InChI=1S/C18H16N4S/c1-2-6-13-9-11-15(12-10-13)17-21-22-16(19-20-18(22)23-17)14-7-4-3-5-8-14/h3-5,7-12H,2,6H2,1H3. The number of aryl methyl sites for hydroxylation is 1. The minimum absolute atomic E-state index is 0.783. The van der Waals surface area contributed by atoms with Crippen LogP contribution >= 0.6 is 11.3 Å². The molecule has 5 heteroatoms. The molecule has 0 aliphatic heterocycles. The number of rotatable bonds is 4. The second kappa shape index (κ2) is 5.93. The van der Waals surface area contributed by atoms with Crippen molar-refractivity contribution in [3.05, 3.63) is 60.2 Å². The molecule has 0 saturated heterocycles. The first-order valence-electron chi connectivity index (χ1n) is 7.72. The second-order valence-electron chi connectivity index (χ2n) is 5.44. The van der Waals surface area contributed by atoms with E-state index in [1.165, 1.54) is 5.56 Å². The van der Waals surface area contributed by atoms with Crippen molar-refractivity contribution in [3.63, 3.8) is 0 Å². The molecule has 0 bridgehead atoms. The average Bonchev–Trinajstić information content (AvgIpc) is 3.17. The van der Waals surface area contributed by atoms with E-state index in [4.69, 9.17) is 5.10 Å². The molecule has 0 aliphatic rings. The zero-order valence-corrected chi connectivity index (χ0v) is 13.6. The van der Waals surface area contributed by atoms with Gasteiger partial charge in [-0.1, -0.05) is 79.3 Å². The lowest BCUT2D eigenvalue weighted by atomic mass is 10.1. The van der Waals surface area contributed by atoms with Gasteiger partial charge in [0.2, 0.25) is 4.96 Å². The lowest BCUT2D eigenvalue weighted by Crippen LogP contribution is -1.90. The van der Waals surface area contributed by atoms with Crippen molar-refractivity contribution in [1.29, 1.82) is 0 Å². The van der Waals surface area contributed by atoms with Crippen molar-refractivity contribution < 1.29 is 0 Å². The van der Waals surface area contributed by atoms with Gasteiger partial charge in [-0.15, -0.1) is 10.2 Å². The molecule has 4 aromatic rings. The minimum atomic E-state index is 0.783. The monoisotopic (exact) mass is 320 g/mol. The third-order valence-electron chi connectivity index (χ3n) is 3.76. The predicted octanol–water partition coefficient (Wildman–Crippen LogP) is 4.47. The Morgan fingerprint density at radius 2 is 1.70 bits per heavy atom. The molecule has 114 valence electrons. The summed E-state index contributed by atoms with van der Waals surface area (Å²) in [6.07, 6.45) is 2.28. The van der Waals surface area contributed by atoms with Crippen LogP contribution < -0.4 is 0 Å². The summed E-state index contributed by atoms with van der Waals surface area (Å²) in [4.78, 5) is 0.816. The Morgan fingerprint density at radius 3 is 2.43 bits per heavy atom. The maximum Gasteiger partial charge on any atom is 0.235 e. The summed E-state index contributed by atoms with van der Waals surface area (Å²) >= 11 is 1.56. The Bertz CT molecular complexity index is 923. The Balaban J connectivity index is 1.73. The van der Waals surface area contributed by atoms with E-state index >= 15 is 0 Å². The van der Waals surface area contributed by atoms with Crippen molar-refractivity contribution in [2.45, 2.75) is 19.8 Å². The van der Waals surface area contributed by atoms with Crippen LogP contribution in [0.4, 0.5) is 0 Å². The summed E-state index contributed by atoms with van der Waals surface area (Å²) in [5.41, 5.74) is 3.51. The molecular weight excluding hydrogens is 304 g/mol. The molecule has 2 aromatic heterocycles. The third kappa shape index (κ3) is 2.64. The van der Waals surface area contributed by atoms with E-state index < -0.39 is 0 Å². The number of benzene rings is 2. The Labute approximate surface area is 138 Å². The topological polar surface area (TPSA) is 43.1 Å². The quantitative estimate of drug-likeness (QED) is 0.557. The number of aromatic nitrogens is 4. The molecule has 0 N–H and O–H groups in total. The van der Waals surface area contributed by atoms with Crippen LogP contribution in [0.3, 0.4) is 0 Å². The molecule has 4 nitrogen and oxygen atoms in total. The zero-order chi connectivity index (χ0) is 15.6. The largest absolute Gasteiger partial charge is 0.235 e. The maximum atomic E-state index is 4.71. The van der Waals surface area contributed by atoms with Gasteiger partial charge < -0.3 is 0 Å². The van der Waals surface area contributed by atoms with Crippen LogP contribution in [0.25, 0.3) is 26.9 Å². The molecule has 0 fully saturated rings. The summed E-state index contributed by atoms with van der Waals surface area (Å²) in [5, 5.41) is 14.2. The molecule has 2 heterocycles. The molecule has 0 amide bonds. The van der Waals surface area contributed by atoms with Gasteiger partial charge in [-0.2, -0.15) is 9.61 Å². The predicted molar refractivity (Wildman–Crippen MR) is 93.5 cm³/mol. The van der Waals surface area contributed by atoms with Crippen LogP contribution in [-0.2, 0) is 6.42 Å². The smallest absolute Gasteiger partial charge is 0.182 e. The van der Waals surface area contributed by atoms with Gasteiger partial charge in [0.1, 0.15) is 5.01 Å².